The van der Waals surface area contributed by atoms with Crippen LogP contribution in [0.2, 0.25) is 0 Å². The molecule has 1 N–H and O–H groups in total. The zero-order valence-corrected chi connectivity index (χ0v) is 9.63. The van der Waals surface area contributed by atoms with Gasteiger partial charge in [-0.25, -0.2) is 0 Å². The van der Waals surface area contributed by atoms with Crippen molar-refractivity contribution < 1.29 is 0 Å². The molecule has 0 radical (unpaired) electrons. The lowest BCUT2D eigenvalue weighted by Gasteiger charge is -2.06. The van der Waals surface area contributed by atoms with Crippen molar-refractivity contribution in [3.05, 3.63) is 35.4 Å². The summed E-state index contributed by atoms with van der Waals surface area (Å²) >= 11 is 2.36. The van der Waals surface area contributed by atoms with Crippen LogP contribution in [0.5, 0.6) is 0 Å². The van der Waals surface area contributed by atoms with Gasteiger partial charge in [-0.2, -0.15) is 0 Å². The summed E-state index contributed by atoms with van der Waals surface area (Å²) in [6.07, 6.45) is 0. The minimum Gasteiger partial charge on any atom is -0.302 e. The molecule has 0 aliphatic rings. The Morgan fingerprint density at radius 2 is 1.92 bits per heavy atom. The van der Waals surface area contributed by atoms with Crippen LogP contribution in [0.3, 0.4) is 0 Å². The van der Waals surface area contributed by atoms with Crippen molar-refractivity contribution in [2.24, 2.45) is 0 Å². The van der Waals surface area contributed by atoms with Crippen molar-refractivity contribution in [2.75, 3.05) is 0 Å². The first kappa shape index (κ1) is 9.99. The highest BCUT2D eigenvalue weighted by Gasteiger charge is 1.94. The van der Waals surface area contributed by atoms with E-state index in [9.17, 15) is 0 Å². The van der Waals surface area contributed by atoms with Crippen LogP contribution >= 0.6 is 22.6 Å². The Hall–Kier alpha value is -0.0900. The Balaban J connectivity index is 2.48. The van der Waals surface area contributed by atoms with Crippen molar-refractivity contribution in [3.63, 3.8) is 0 Å². The Bertz CT molecular complexity index is 228. The average molecular weight is 275 g/mol. The molecule has 0 spiro atoms. The molecule has 1 rings (SSSR count). The Morgan fingerprint density at radius 3 is 2.42 bits per heavy atom. The summed E-state index contributed by atoms with van der Waals surface area (Å²) in [5.74, 6) is 0. The van der Waals surface area contributed by atoms with E-state index < -0.39 is 0 Å². The van der Waals surface area contributed by atoms with Crippen LogP contribution < -0.4 is 5.32 Å². The molecule has 12 heavy (non-hydrogen) atoms. The van der Waals surface area contributed by atoms with Gasteiger partial charge in [-0.05, 0) is 19.4 Å². The third-order valence-electron chi connectivity index (χ3n) is 1.71. The van der Waals surface area contributed by atoms with Gasteiger partial charge in [-0.15, -0.1) is 0 Å². The third kappa shape index (κ3) is 3.54. The highest BCUT2D eigenvalue weighted by atomic mass is 127. The largest absolute Gasteiger partial charge is 0.302 e. The fourth-order valence-electron chi connectivity index (χ4n) is 0.964. The second-order valence-electron chi connectivity index (χ2n) is 2.98. The molecule has 1 nitrogen and oxygen atoms in total. The monoisotopic (exact) mass is 275 g/mol. The smallest absolute Gasteiger partial charge is 0.0567 e. The van der Waals surface area contributed by atoms with Gasteiger partial charge in [0, 0.05) is 6.54 Å². The maximum atomic E-state index is 3.37. The molecule has 1 aromatic carbocycles. The van der Waals surface area contributed by atoms with Gasteiger partial charge in [0.25, 0.3) is 0 Å². The van der Waals surface area contributed by atoms with E-state index in [1.54, 1.807) is 0 Å². The number of alkyl halides is 1. The van der Waals surface area contributed by atoms with Crippen LogP contribution in [-0.2, 0) is 6.54 Å². The van der Waals surface area contributed by atoms with E-state index in [-0.39, 0.29) is 0 Å². The van der Waals surface area contributed by atoms with E-state index in [2.05, 4.69) is 66.0 Å². The average Bonchev–Trinajstić information content (AvgIpc) is 2.03. The lowest BCUT2D eigenvalue weighted by molar-refractivity contribution is 0.706. The van der Waals surface area contributed by atoms with Gasteiger partial charge in [0.15, 0.2) is 0 Å². The van der Waals surface area contributed by atoms with Gasteiger partial charge in [0.2, 0.25) is 0 Å². The summed E-state index contributed by atoms with van der Waals surface area (Å²) in [5.41, 5.74) is 2.67. The molecule has 0 saturated carbocycles. The number of rotatable bonds is 3. The predicted octanol–water partition coefficient (Wildman–Crippen LogP) is 2.87. The van der Waals surface area contributed by atoms with Crippen molar-refractivity contribution in [1.82, 2.24) is 5.32 Å². The maximum absolute atomic E-state index is 3.37. The Labute approximate surface area is 87.7 Å². The van der Waals surface area contributed by atoms with E-state index in [4.69, 9.17) is 0 Å². The molecule has 1 aromatic rings. The molecular weight excluding hydrogens is 261 g/mol. The van der Waals surface area contributed by atoms with E-state index in [1.807, 2.05) is 0 Å². The summed E-state index contributed by atoms with van der Waals surface area (Å²) in [6, 6.07) is 8.63. The molecule has 1 unspecified atom stereocenters. The first-order chi connectivity index (χ1) is 5.68. The van der Waals surface area contributed by atoms with Crippen LogP contribution in [0, 0.1) is 6.92 Å². The van der Waals surface area contributed by atoms with Crippen LogP contribution in [0.15, 0.2) is 24.3 Å². The number of hydrogen-bond acceptors (Lipinski definition) is 1. The number of halogens is 1. The van der Waals surface area contributed by atoms with Gasteiger partial charge in [0.05, 0.1) is 4.05 Å². The molecule has 0 fully saturated rings. The maximum Gasteiger partial charge on any atom is 0.0567 e. The van der Waals surface area contributed by atoms with Gasteiger partial charge < -0.3 is 5.32 Å². The van der Waals surface area contributed by atoms with E-state index in [0.29, 0.717) is 4.05 Å². The van der Waals surface area contributed by atoms with Gasteiger partial charge in [-0.1, -0.05) is 52.4 Å². The molecule has 66 valence electrons. The summed E-state index contributed by atoms with van der Waals surface area (Å²) in [7, 11) is 0. The molecule has 0 amide bonds. The Morgan fingerprint density at radius 1 is 1.33 bits per heavy atom. The minimum absolute atomic E-state index is 0.531. The predicted molar refractivity (Wildman–Crippen MR) is 61.5 cm³/mol. The van der Waals surface area contributed by atoms with Crippen molar-refractivity contribution in [3.8, 4) is 0 Å². The first-order valence-corrected chi connectivity index (χ1v) is 5.36. The van der Waals surface area contributed by atoms with E-state index >= 15 is 0 Å². The van der Waals surface area contributed by atoms with Gasteiger partial charge in [0.1, 0.15) is 0 Å². The SMILES string of the molecule is Cc1ccc(CNC(C)I)cc1. The highest BCUT2D eigenvalue weighted by molar-refractivity contribution is 14.1. The lowest BCUT2D eigenvalue weighted by atomic mass is 10.1. The second-order valence-corrected chi connectivity index (χ2v) is 4.85. The summed E-state index contributed by atoms with van der Waals surface area (Å²) < 4.78 is 0.531. The lowest BCUT2D eigenvalue weighted by Crippen LogP contribution is -2.18. The second kappa shape index (κ2) is 4.82. The molecule has 0 bridgehead atoms. The minimum atomic E-state index is 0.531. The summed E-state index contributed by atoms with van der Waals surface area (Å²) in [4.78, 5) is 0. The molecule has 0 aromatic heterocycles. The van der Waals surface area contributed by atoms with E-state index in [0.717, 1.165) is 6.54 Å². The zero-order valence-electron chi connectivity index (χ0n) is 7.47. The third-order valence-corrected chi connectivity index (χ3v) is 2.15. The van der Waals surface area contributed by atoms with Crippen molar-refractivity contribution in [1.29, 1.82) is 0 Å². The van der Waals surface area contributed by atoms with Crippen LogP contribution in [0.1, 0.15) is 18.1 Å². The fraction of sp³-hybridized carbons (Fsp3) is 0.400. The van der Waals surface area contributed by atoms with Crippen molar-refractivity contribution >= 4 is 22.6 Å². The molecule has 2 heteroatoms. The summed E-state index contributed by atoms with van der Waals surface area (Å²) in [5, 5.41) is 3.37. The Kier molecular flexibility index (Phi) is 4.01. The van der Waals surface area contributed by atoms with Crippen LogP contribution in [0.4, 0.5) is 0 Å². The van der Waals surface area contributed by atoms with E-state index in [1.165, 1.54) is 11.1 Å². The van der Waals surface area contributed by atoms with Gasteiger partial charge >= 0.3 is 0 Å². The van der Waals surface area contributed by atoms with Crippen molar-refractivity contribution in [2.45, 2.75) is 24.4 Å². The number of nitrogens with one attached hydrogen (secondary N) is 1. The molecule has 0 aliphatic carbocycles. The topological polar surface area (TPSA) is 12.0 Å². The van der Waals surface area contributed by atoms with Crippen LogP contribution in [0.25, 0.3) is 0 Å². The molecule has 0 saturated heterocycles. The quantitative estimate of drug-likeness (QED) is 0.508. The molecule has 1 atom stereocenters. The van der Waals surface area contributed by atoms with Crippen LogP contribution in [-0.4, -0.2) is 4.05 Å². The first-order valence-electron chi connectivity index (χ1n) is 4.11. The number of aryl methyl sites for hydroxylation is 1. The molecule has 0 heterocycles. The molecular formula is C10H14IN. The summed E-state index contributed by atoms with van der Waals surface area (Å²) in [6.45, 7) is 5.22. The standard InChI is InChI=1S/C10H14IN/c1-8-3-5-10(6-4-8)7-12-9(2)11/h3-6,9,12H,7H2,1-2H3. The molecule has 0 aliphatic heterocycles. The fourth-order valence-corrected chi connectivity index (χ4v) is 1.18. The number of hydrogen-bond donors (Lipinski definition) is 1. The van der Waals surface area contributed by atoms with Gasteiger partial charge in [-0.3, -0.25) is 0 Å². The normalized spacial score (nSPS) is 12.9. The highest BCUT2D eigenvalue weighted by Crippen LogP contribution is 2.03. The zero-order chi connectivity index (χ0) is 8.97. The number of benzene rings is 1.